The van der Waals surface area contributed by atoms with Gasteiger partial charge in [-0.15, -0.1) is 0 Å². The van der Waals surface area contributed by atoms with Crippen molar-refractivity contribution >= 4 is 39.5 Å². The van der Waals surface area contributed by atoms with E-state index in [2.05, 4.69) is 48.5 Å². The number of aliphatic hydroxyl groups excluding tert-OH is 1. The summed E-state index contributed by atoms with van der Waals surface area (Å²) in [5.41, 5.74) is 0. The van der Waals surface area contributed by atoms with E-state index in [-0.39, 0.29) is 25.7 Å². The molecule has 0 aliphatic rings. The van der Waals surface area contributed by atoms with Gasteiger partial charge in [0.15, 0.2) is 12.2 Å². The highest BCUT2D eigenvalue weighted by molar-refractivity contribution is 7.47. The first-order valence-electron chi connectivity index (χ1n) is 43.9. The lowest BCUT2D eigenvalue weighted by molar-refractivity contribution is -0.161. The van der Waals surface area contributed by atoms with Gasteiger partial charge < -0.3 is 33.8 Å². The maximum atomic E-state index is 13.1. The van der Waals surface area contributed by atoms with Crippen LogP contribution in [0.1, 0.15) is 447 Å². The summed E-state index contributed by atoms with van der Waals surface area (Å²) in [6.45, 7) is 12.0. The van der Waals surface area contributed by atoms with Crippen molar-refractivity contribution in [3.05, 3.63) is 0 Å². The molecule has 618 valence electrons. The predicted octanol–water partition coefficient (Wildman–Crippen LogP) is 25.7. The van der Waals surface area contributed by atoms with Crippen LogP contribution < -0.4 is 0 Å². The van der Waals surface area contributed by atoms with E-state index in [4.69, 9.17) is 37.0 Å². The number of hydrogen-bond acceptors (Lipinski definition) is 15. The van der Waals surface area contributed by atoms with Crippen LogP contribution in [0.2, 0.25) is 0 Å². The minimum atomic E-state index is -4.97. The molecular weight excluding hydrogens is 1350 g/mol. The molecule has 0 aromatic carbocycles. The quantitative estimate of drug-likeness (QED) is 0.0222. The fourth-order valence-electron chi connectivity index (χ4n) is 13.2. The molecule has 0 amide bonds. The zero-order valence-electron chi connectivity index (χ0n) is 68.5. The molecule has 3 N–H and O–H groups in total. The van der Waals surface area contributed by atoms with E-state index in [1.165, 1.54) is 257 Å². The Morgan fingerprint density at radius 2 is 0.490 bits per heavy atom. The van der Waals surface area contributed by atoms with Gasteiger partial charge in [0, 0.05) is 25.7 Å². The molecule has 0 spiro atoms. The minimum absolute atomic E-state index is 0.106. The molecule has 0 radical (unpaired) electrons. The van der Waals surface area contributed by atoms with E-state index in [1.807, 2.05) is 0 Å². The number of carbonyl (C=O) groups is 4. The van der Waals surface area contributed by atoms with E-state index < -0.39 is 97.5 Å². The number of carbonyl (C=O) groups excluding carboxylic acids is 4. The molecule has 0 aromatic heterocycles. The summed E-state index contributed by atoms with van der Waals surface area (Å²) in [7, 11) is -9.93. The van der Waals surface area contributed by atoms with Crippen LogP contribution in [0.15, 0.2) is 0 Å². The monoisotopic (exact) mass is 1520 g/mol. The Bertz CT molecular complexity index is 2010. The van der Waals surface area contributed by atoms with Crippen molar-refractivity contribution in [2.75, 3.05) is 39.6 Å². The minimum Gasteiger partial charge on any atom is -0.462 e. The summed E-state index contributed by atoms with van der Waals surface area (Å²) in [5.74, 6) is 0.253. The number of phosphoric acid groups is 2. The van der Waals surface area contributed by atoms with Crippen LogP contribution in [0.25, 0.3) is 0 Å². The topological polar surface area (TPSA) is 237 Å². The fraction of sp³-hybridized carbons (Fsp3) is 0.953. The van der Waals surface area contributed by atoms with Gasteiger partial charge in [-0.25, -0.2) is 9.13 Å². The standard InChI is InChI=1S/C85H166O17P2/c1-8-10-11-12-13-14-15-16-17-18-19-20-21-22-27-32-39-47-54-61-68-84(89)101-80(72-95-82(87)66-59-52-45-38-31-26-24-23-25-30-37-44-51-58-65-78(7)9-2)74-99-103(91,92)97-70-79(86)71-98-104(93,94)100-75-81(73-96-83(88)67-60-53-46-41-34-36-43-50-57-64-77(5)6)102-85(90)69-62-55-48-40-33-28-29-35-42-49-56-63-76(3)4/h76-81,86H,8-75H2,1-7H3,(H,91,92)(H,93,94)/t78?,79-,80-,81-/m1/s1. The first-order chi connectivity index (χ1) is 50.3. The Balaban J connectivity index is 5.26. The highest BCUT2D eigenvalue weighted by Crippen LogP contribution is 2.45. The number of esters is 4. The van der Waals surface area contributed by atoms with Crippen LogP contribution in [-0.4, -0.2) is 96.7 Å². The first kappa shape index (κ1) is 102. The maximum absolute atomic E-state index is 13.1. The van der Waals surface area contributed by atoms with Crippen LogP contribution >= 0.6 is 15.6 Å². The van der Waals surface area contributed by atoms with E-state index >= 15 is 0 Å². The van der Waals surface area contributed by atoms with E-state index in [9.17, 15) is 43.2 Å². The average Bonchev–Trinajstić information content (AvgIpc) is 0.910. The summed E-state index contributed by atoms with van der Waals surface area (Å²) in [5, 5.41) is 10.7. The average molecular weight is 1520 g/mol. The second kappa shape index (κ2) is 75.1. The Hall–Kier alpha value is -1.94. The van der Waals surface area contributed by atoms with Crippen LogP contribution in [0, 0.1) is 17.8 Å². The fourth-order valence-corrected chi connectivity index (χ4v) is 14.7. The smallest absolute Gasteiger partial charge is 0.462 e. The third-order valence-electron chi connectivity index (χ3n) is 20.2. The van der Waals surface area contributed by atoms with Gasteiger partial charge in [-0.2, -0.15) is 0 Å². The van der Waals surface area contributed by atoms with Gasteiger partial charge in [0.25, 0.3) is 0 Å². The van der Waals surface area contributed by atoms with E-state index in [0.29, 0.717) is 25.7 Å². The van der Waals surface area contributed by atoms with Crippen LogP contribution in [0.5, 0.6) is 0 Å². The zero-order valence-corrected chi connectivity index (χ0v) is 70.3. The summed E-state index contributed by atoms with van der Waals surface area (Å²) in [6.07, 6.45) is 65.2. The van der Waals surface area contributed by atoms with Gasteiger partial charge in [0.05, 0.1) is 26.4 Å². The molecule has 0 saturated heterocycles. The van der Waals surface area contributed by atoms with Crippen LogP contribution in [-0.2, 0) is 65.4 Å². The van der Waals surface area contributed by atoms with E-state index in [1.54, 1.807) is 0 Å². The number of hydrogen-bond donors (Lipinski definition) is 3. The van der Waals surface area contributed by atoms with Crippen molar-refractivity contribution in [1.29, 1.82) is 0 Å². The van der Waals surface area contributed by atoms with Crippen LogP contribution in [0.4, 0.5) is 0 Å². The number of ether oxygens (including phenoxy) is 4. The Kier molecular flexibility index (Phi) is 73.7. The van der Waals surface area contributed by atoms with Gasteiger partial charge >= 0.3 is 39.5 Å². The molecule has 0 aliphatic carbocycles. The molecule has 0 fully saturated rings. The van der Waals surface area contributed by atoms with Crippen molar-refractivity contribution in [3.8, 4) is 0 Å². The van der Waals surface area contributed by atoms with Gasteiger partial charge in [0.1, 0.15) is 19.3 Å². The first-order valence-corrected chi connectivity index (χ1v) is 46.9. The lowest BCUT2D eigenvalue weighted by Crippen LogP contribution is -2.30. The molecule has 0 aliphatic heterocycles. The normalized spacial score (nSPS) is 14.2. The number of rotatable bonds is 83. The second-order valence-electron chi connectivity index (χ2n) is 31.8. The summed E-state index contributed by atoms with van der Waals surface area (Å²) in [6, 6.07) is 0. The Morgan fingerprint density at radius 1 is 0.279 bits per heavy atom. The second-order valence-corrected chi connectivity index (χ2v) is 34.7. The van der Waals surface area contributed by atoms with E-state index in [0.717, 1.165) is 108 Å². The maximum Gasteiger partial charge on any atom is 0.472 e. The zero-order chi connectivity index (χ0) is 76.5. The summed E-state index contributed by atoms with van der Waals surface area (Å²) >= 11 is 0. The Morgan fingerprint density at radius 3 is 0.731 bits per heavy atom. The number of aliphatic hydroxyl groups is 1. The van der Waals surface area contributed by atoms with Gasteiger partial charge in [-0.1, -0.05) is 395 Å². The molecule has 0 saturated carbocycles. The van der Waals surface area contributed by atoms with Gasteiger partial charge in [-0.05, 0) is 43.4 Å². The third kappa shape index (κ3) is 76.8. The van der Waals surface area contributed by atoms with Crippen molar-refractivity contribution in [2.45, 2.75) is 465 Å². The Labute approximate surface area is 638 Å². The molecule has 104 heavy (non-hydrogen) atoms. The van der Waals surface area contributed by atoms with Gasteiger partial charge in [-0.3, -0.25) is 37.3 Å². The molecule has 0 heterocycles. The molecule has 0 bridgehead atoms. The van der Waals surface area contributed by atoms with Crippen LogP contribution in [0.3, 0.4) is 0 Å². The summed E-state index contributed by atoms with van der Waals surface area (Å²) < 4.78 is 68.9. The molecule has 0 rings (SSSR count). The predicted molar refractivity (Wildman–Crippen MR) is 428 cm³/mol. The lowest BCUT2D eigenvalue weighted by atomic mass is 9.99. The highest BCUT2D eigenvalue weighted by Gasteiger charge is 2.30. The lowest BCUT2D eigenvalue weighted by Gasteiger charge is -2.21. The van der Waals surface area contributed by atoms with Crippen molar-refractivity contribution < 1.29 is 80.2 Å². The highest BCUT2D eigenvalue weighted by atomic mass is 31.2. The number of unbranched alkanes of at least 4 members (excludes halogenated alkanes) is 50. The molecule has 0 aromatic rings. The number of phosphoric ester groups is 2. The van der Waals surface area contributed by atoms with Gasteiger partial charge in [0.2, 0.25) is 0 Å². The summed E-state index contributed by atoms with van der Waals surface area (Å²) in [4.78, 5) is 73.2. The molecule has 3 unspecified atom stereocenters. The molecule has 19 heteroatoms. The van der Waals surface area contributed by atoms with Crippen molar-refractivity contribution in [3.63, 3.8) is 0 Å². The van der Waals surface area contributed by atoms with Crippen molar-refractivity contribution in [1.82, 2.24) is 0 Å². The SMILES string of the molecule is CCCCCCCCCCCCCCCCCCCCCCC(=O)O[C@H](COC(=O)CCCCCCCCCCCCCCCCC(C)CC)COP(=O)(O)OC[C@@H](O)COP(=O)(O)OC[C@@H](COC(=O)CCCCCCCCCCCC(C)C)OC(=O)CCCCCCCCCCCCCC(C)C. The largest absolute Gasteiger partial charge is 0.472 e. The van der Waals surface area contributed by atoms with Crippen molar-refractivity contribution in [2.24, 2.45) is 17.8 Å². The molecule has 17 nitrogen and oxygen atoms in total. The molecule has 6 atom stereocenters. The third-order valence-corrected chi connectivity index (χ3v) is 22.1. The molecular formula is C85H166O17P2.